The molecule has 0 saturated heterocycles. The lowest BCUT2D eigenvalue weighted by atomic mass is 10.0. The van der Waals surface area contributed by atoms with Crippen molar-refractivity contribution in [3.05, 3.63) is 0 Å². The van der Waals surface area contributed by atoms with Crippen LogP contribution in [0.2, 0.25) is 0 Å². The Hall–Kier alpha value is -0.410. The van der Waals surface area contributed by atoms with Crippen LogP contribution in [0.1, 0.15) is 20.3 Å². The van der Waals surface area contributed by atoms with Crippen LogP contribution in [0.15, 0.2) is 0 Å². The van der Waals surface area contributed by atoms with E-state index in [0.29, 0.717) is 6.29 Å². The van der Waals surface area contributed by atoms with E-state index < -0.39 is 12.2 Å². The topological polar surface area (TPSA) is 57.5 Å². The van der Waals surface area contributed by atoms with Gasteiger partial charge in [-0.05, 0) is 13.3 Å². The lowest BCUT2D eigenvalue weighted by Crippen LogP contribution is -2.23. The zero-order valence-corrected chi connectivity index (χ0v) is 6.32. The summed E-state index contributed by atoms with van der Waals surface area (Å²) in [6.07, 6.45) is -0.303. The fourth-order valence-electron chi connectivity index (χ4n) is 0.655. The van der Waals surface area contributed by atoms with E-state index in [1.54, 1.807) is 13.8 Å². The molecule has 3 atom stereocenters. The summed E-state index contributed by atoms with van der Waals surface area (Å²) in [6, 6.07) is 0. The van der Waals surface area contributed by atoms with Crippen molar-refractivity contribution in [3.63, 3.8) is 0 Å². The van der Waals surface area contributed by atoms with Gasteiger partial charge in [0.15, 0.2) is 0 Å². The highest BCUT2D eigenvalue weighted by molar-refractivity contribution is 5.53. The number of hydrogen-bond acceptors (Lipinski definition) is 3. The van der Waals surface area contributed by atoms with Crippen LogP contribution in [-0.4, -0.2) is 28.7 Å². The summed E-state index contributed by atoms with van der Waals surface area (Å²) in [5.74, 6) is -0.380. The van der Waals surface area contributed by atoms with E-state index in [-0.39, 0.29) is 12.3 Å². The molecule has 0 bridgehead atoms. The predicted octanol–water partition coefficient (Wildman–Crippen LogP) is -0.0468. The molecule has 0 aromatic heterocycles. The van der Waals surface area contributed by atoms with E-state index in [4.69, 9.17) is 10.2 Å². The second-order valence-corrected chi connectivity index (χ2v) is 2.65. The number of aldehydes is 1. The van der Waals surface area contributed by atoms with E-state index >= 15 is 0 Å². The number of rotatable bonds is 4. The zero-order chi connectivity index (χ0) is 8.15. The molecule has 0 aliphatic heterocycles. The van der Waals surface area contributed by atoms with Gasteiger partial charge < -0.3 is 15.0 Å². The van der Waals surface area contributed by atoms with Gasteiger partial charge in [-0.2, -0.15) is 0 Å². The average Bonchev–Trinajstić information content (AvgIpc) is 1.85. The first-order valence-electron chi connectivity index (χ1n) is 3.39. The highest BCUT2D eigenvalue weighted by atomic mass is 16.3. The first-order chi connectivity index (χ1) is 4.57. The molecule has 0 heterocycles. The molecule has 0 rings (SSSR count). The van der Waals surface area contributed by atoms with Crippen LogP contribution in [0.25, 0.3) is 0 Å². The highest BCUT2D eigenvalue weighted by Gasteiger charge is 2.14. The zero-order valence-electron chi connectivity index (χ0n) is 6.32. The van der Waals surface area contributed by atoms with E-state index in [9.17, 15) is 4.79 Å². The maximum Gasteiger partial charge on any atom is 0.125 e. The van der Waals surface area contributed by atoms with Crippen LogP contribution in [0.4, 0.5) is 0 Å². The summed E-state index contributed by atoms with van der Waals surface area (Å²) >= 11 is 0. The van der Waals surface area contributed by atoms with Crippen molar-refractivity contribution in [2.45, 2.75) is 32.5 Å². The number of hydrogen-bond donors (Lipinski definition) is 2. The third-order valence-electron chi connectivity index (χ3n) is 1.40. The molecule has 10 heavy (non-hydrogen) atoms. The third-order valence-corrected chi connectivity index (χ3v) is 1.40. The van der Waals surface area contributed by atoms with Gasteiger partial charge in [0.2, 0.25) is 0 Å². The summed E-state index contributed by atoms with van der Waals surface area (Å²) in [7, 11) is 0. The fraction of sp³-hybridized carbons (Fsp3) is 0.857. The molecule has 0 aliphatic carbocycles. The predicted molar refractivity (Wildman–Crippen MR) is 37.5 cm³/mol. The average molecular weight is 146 g/mol. The molecule has 0 spiro atoms. The van der Waals surface area contributed by atoms with Crippen molar-refractivity contribution in [1.82, 2.24) is 0 Å². The summed E-state index contributed by atoms with van der Waals surface area (Å²) in [5, 5.41) is 17.9. The Morgan fingerprint density at radius 3 is 2.20 bits per heavy atom. The van der Waals surface area contributed by atoms with Crippen LogP contribution in [0.5, 0.6) is 0 Å². The Morgan fingerprint density at radius 2 is 1.90 bits per heavy atom. The Kier molecular flexibility index (Phi) is 4.23. The standard InChI is InChI=1S/C7H14O3/c1-5(4-8)7(10)3-6(2)9/h4-7,9-10H,3H2,1-2H3/t5-,6-,7-/m1/s1. The van der Waals surface area contributed by atoms with Gasteiger partial charge in [-0.1, -0.05) is 6.92 Å². The Labute approximate surface area is 60.7 Å². The van der Waals surface area contributed by atoms with Gasteiger partial charge in [-0.15, -0.1) is 0 Å². The summed E-state index contributed by atoms with van der Waals surface area (Å²) in [5.41, 5.74) is 0. The molecule has 2 N–H and O–H groups in total. The number of aliphatic hydroxyl groups is 2. The second-order valence-electron chi connectivity index (χ2n) is 2.65. The SMILES string of the molecule is C[C@H](C=O)[C@H](O)C[C@@H](C)O. The molecule has 3 nitrogen and oxygen atoms in total. The molecule has 0 aliphatic rings. The molecule has 0 radical (unpaired) electrons. The lowest BCUT2D eigenvalue weighted by Gasteiger charge is -2.14. The summed E-state index contributed by atoms with van der Waals surface area (Å²) in [6.45, 7) is 3.21. The van der Waals surface area contributed by atoms with E-state index in [1.807, 2.05) is 0 Å². The van der Waals surface area contributed by atoms with Crippen molar-refractivity contribution in [2.75, 3.05) is 0 Å². The van der Waals surface area contributed by atoms with Crippen LogP contribution in [0, 0.1) is 5.92 Å². The number of carbonyl (C=O) groups excluding carboxylic acids is 1. The van der Waals surface area contributed by atoms with Crippen LogP contribution in [-0.2, 0) is 4.79 Å². The monoisotopic (exact) mass is 146 g/mol. The molecular formula is C7H14O3. The van der Waals surface area contributed by atoms with Crippen molar-refractivity contribution < 1.29 is 15.0 Å². The fourth-order valence-corrected chi connectivity index (χ4v) is 0.655. The van der Waals surface area contributed by atoms with Gasteiger partial charge in [0.25, 0.3) is 0 Å². The summed E-state index contributed by atoms with van der Waals surface area (Å²) < 4.78 is 0. The Morgan fingerprint density at radius 1 is 1.40 bits per heavy atom. The molecule has 3 heteroatoms. The number of aliphatic hydroxyl groups excluding tert-OH is 2. The van der Waals surface area contributed by atoms with Crippen LogP contribution in [0.3, 0.4) is 0 Å². The molecule has 0 amide bonds. The van der Waals surface area contributed by atoms with Gasteiger partial charge in [-0.25, -0.2) is 0 Å². The van der Waals surface area contributed by atoms with E-state index in [1.165, 1.54) is 0 Å². The van der Waals surface area contributed by atoms with E-state index in [2.05, 4.69) is 0 Å². The van der Waals surface area contributed by atoms with Crippen molar-refractivity contribution >= 4 is 6.29 Å². The third kappa shape index (κ3) is 3.58. The largest absolute Gasteiger partial charge is 0.393 e. The van der Waals surface area contributed by atoms with Crippen molar-refractivity contribution in [1.29, 1.82) is 0 Å². The molecule has 0 aromatic rings. The first kappa shape index (κ1) is 9.59. The highest BCUT2D eigenvalue weighted by Crippen LogP contribution is 2.06. The normalized spacial score (nSPS) is 19.6. The van der Waals surface area contributed by atoms with Gasteiger partial charge in [-0.3, -0.25) is 0 Å². The Balaban J connectivity index is 3.60. The first-order valence-corrected chi connectivity index (χ1v) is 3.39. The molecule has 0 aromatic carbocycles. The van der Waals surface area contributed by atoms with Gasteiger partial charge in [0.05, 0.1) is 12.2 Å². The van der Waals surface area contributed by atoms with E-state index in [0.717, 1.165) is 0 Å². The Bertz CT molecular complexity index is 101. The van der Waals surface area contributed by atoms with Crippen molar-refractivity contribution in [2.24, 2.45) is 5.92 Å². The molecule has 0 unspecified atom stereocenters. The second kappa shape index (κ2) is 4.41. The van der Waals surface area contributed by atoms with Gasteiger partial charge >= 0.3 is 0 Å². The molecule has 60 valence electrons. The van der Waals surface area contributed by atoms with Crippen LogP contribution >= 0.6 is 0 Å². The minimum Gasteiger partial charge on any atom is -0.393 e. The van der Waals surface area contributed by atoms with Gasteiger partial charge in [0.1, 0.15) is 6.29 Å². The smallest absolute Gasteiger partial charge is 0.125 e. The lowest BCUT2D eigenvalue weighted by molar-refractivity contribution is -0.114. The van der Waals surface area contributed by atoms with Crippen molar-refractivity contribution in [3.8, 4) is 0 Å². The number of carbonyl (C=O) groups is 1. The molecular weight excluding hydrogens is 132 g/mol. The molecule has 0 saturated carbocycles. The minimum absolute atomic E-state index is 0.264. The minimum atomic E-state index is -0.711. The quantitative estimate of drug-likeness (QED) is 0.547. The maximum absolute atomic E-state index is 10.1. The summed E-state index contributed by atoms with van der Waals surface area (Å²) in [4.78, 5) is 10.1. The molecule has 0 fully saturated rings. The van der Waals surface area contributed by atoms with Gasteiger partial charge in [0, 0.05) is 5.92 Å². The van der Waals surface area contributed by atoms with Crippen LogP contribution < -0.4 is 0 Å². The maximum atomic E-state index is 10.1.